The Morgan fingerprint density at radius 3 is 2.88 bits per heavy atom. The van der Waals surface area contributed by atoms with E-state index >= 15 is 0 Å². The second-order valence-corrected chi connectivity index (χ2v) is 6.74. The first-order valence-electron chi connectivity index (χ1n) is 6.13. The molecular weight excluding hydrogens is 246 g/mol. The number of thiophene rings is 2. The SMILES string of the molecule is Cc1ccsc1C(N)C1CCCc2sccc21. The molecule has 0 bridgehead atoms. The van der Waals surface area contributed by atoms with Gasteiger partial charge in [-0.3, -0.25) is 0 Å². The fourth-order valence-corrected chi connectivity index (χ4v) is 4.79. The molecule has 2 N–H and O–H groups in total. The molecule has 0 amide bonds. The minimum atomic E-state index is 0.184. The molecule has 0 saturated carbocycles. The second kappa shape index (κ2) is 4.56. The number of rotatable bonds is 2. The van der Waals surface area contributed by atoms with E-state index in [1.165, 1.54) is 35.3 Å². The van der Waals surface area contributed by atoms with Crippen LogP contribution in [-0.2, 0) is 6.42 Å². The van der Waals surface area contributed by atoms with Crippen molar-refractivity contribution in [2.24, 2.45) is 5.73 Å². The summed E-state index contributed by atoms with van der Waals surface area (Å²) < 4.78 is 0. The predicted molar refractivity (Wildman–Crippen MR) is 76.0 cm³/mol. The van der Waals surface area contributed by atoms with Crippen LogP contribution in [0.25, 0.3) is 0 Å². The lowest BCUT2D eigenvalue weighted by Gasteiger charge is -2.28. The monoisotopic (exact) mass is 263 g/mol. The molecule has 0 aromatic carbocycles. The van der Waals surface area contributed by atoms with Gasteiger partial charge < -0.3 is 5.73 Å². The summed E-state index contributed by atoms with van der Waals surface area (Å²) in [5, 5.41) is 4.37. The van der Waals surface area contributed by atoms with Crippen molar-refractivity contribution in [2.75, 3.05) is 0 Å². The number of hydrogen-bond acceptors (Lipinski definition) is 3. The average Bonchev–Trinajstić information content (AvgIpc) is 2.95. The Morgan fingerprint density at radius 1 is 1.29 bits per heavy atom. The zero-order chi connectivity index (χ0) is 11.8. The molecule has 3 rings (SSSR count). The maximum absolute atomic E-state index is 6.50. The lowest BCUT2D eigenvalue weighted by atomic mass is 9.82. The Hall–Kier alpha value is -0.640. The molecule has 1 aliphatic rings. The molecule has 0 radical (unpaired) electrons. The minimum absolute atomic E-state index is 0.184. The van der Waals surface area contributed by atoms with Crippen LogP contribution in [0.2, 0.25) is 0 Å². The van der Waals surface area contributed by atoms with Crippen LogP contribution >= 0.6 is 22.7 Å². The van der Waals surface area contributed by atoms with Gasteiger partial charge in [0.25, 0.3) is 0 Å². The largest absolute Gasteiger partial charge is 0.323 e. The molecule has 1 aliphatic carbocycles. The van der Waals surface area contributed by atoms with Crippen LogP contribution < -0.4 is 5.73 Å². The summed E-state index contributed by atoms with van der Waals surface area (Å²) in [6.45, 7) is 2.17. The predicted octanol–water partition coefficient (Wildman–Crippen LogP) is 4.24. The van der Waals surface area contributed by atoms with Crippen molar-refractivity contribution in [3.8, 4) is 0 Å². The summed E-state index contributed by atoms with van der Waals surface area (Å²) in [6, 6.07) is 4.65. The van der Waals surface area contributed by atoms with E-state index in [1.807, 2.05) is 11.3 Å². The van der Waals surface area contributed by atoms with Crippen LogP contribution in [0, 0.1) is 6.92 Å². The zero-order valence-electron chi connectivity index (χ0n) is 9.98. The van der Waals surface area contributed by atoms with Crippen molar-refractivity contribution in [1.29, 1.82) is 0 Å². The van der Waals surface area contributed by atoms with E-state index in [2.05, 4.69) is 29.8 Å². The van der Waals surface area contributed by atoms with E-state index < -0.39 is 0 Å². The van der Waals surface area contributed by atoms with Gasteiger partial charge in [0, 0.05) is 21.7 Å². The van der Waals surface area contributed by atoms with E-state index in [9.17, 15) is 0 Å². The van der Waals surface area contributed by atoms with Crippen LogP contribution in [0.5, 0.6) is 0 Å². The Bertz CT molecular complexity index is 512. The lowest BCUT2D eigenvalue weighted by Crippen LogP contribution is -2.22. The average molecular weight is 263 g/mol. The van der Waals surface area contributed by atoms with Crippen LogP contribution in [-0.4, -0.2) is 0 Å². The van der Waals surface area contributed by atoms with Crippen molar-refractivity contribution >= 4 is 22.7 Å². The number of nitrogens with two attached hydrogens (primary N) is 1. The normalized spacial score (nSPS) is 21.2. The molecular formula is C14H17NS2. The lowest BCUT2D eigenvalue weighted by molar-refractivity contribution is 0.482. The third-order valence-electron chi connectivity index (χ3n) is 3.74. The van der Waals surface area contributed by atoms with Gasteiger partial charge in [0.05, 0.1) is 0 Å². The molecule has 17 heavy (non-hydrogen) atoms. The van der Waals surface area contributed by atoms with E-state index in [0.717, 1.165) is 0 Å². The molecule has 1 nitrogen and oxygen atoms in total. The molecule has 0 spiro atoms. The third kappa shape index (κ3) is 1.96. The molecule has 2 aromatic rings. The Morgan fingerprint density at radius 2 is 2.12 bits per heavy atom. The van der Waals surface area contributed by atoms with Gasteiger partial charge in [-0.1, -0.05) is 0 Å². The van der Waals surface area contributed by atoms with Crippen molar-refractivity contribution < 1.29 is 0 Å². The van der Waals surface area contributed by atoms with Crippen LogP contribution in [0.1, 0.15) is 45.7 Å². The zero-order valence-corrected chi connectivity index (χ0v) is 11.6. The maximum Gasteiger partial charge on any atom is 0.0462 e. The maximum atomic E-state index is 6.50. The van der Waals surface area contributed by atoms with E-state index in [1.54, 1.807) is 16.2 Å². The van der Waals surface area contributed by atoms with E-state index in [4.69, 9.17) is 5.73 Å². The van der Waals surface area contributed by atoms with Crippen LogP contribution in [0.15, 0.2) is 22.9 Å². The third-order valence-corrected chi connectivity index (χ3v) is 5.85. The molecule has 0 fully saturated rings. The highest BCUT2D eigenvalue weighted by Crippen LogP contribution is 2.42. The summed E-state index contributed by atoms with van der Waals surface area (Å²) in [6.07, 6.45) is 3.78. The van der Waals surface area contributed by atoms with Gasteiger partial charge in [0.1, 0.15) is 0 Å². The summed E-state index contributed by atoms with van der Waals surface area (Å²) >= 11 is 3.70. The Balaban J connectivity index is 1.94. The molecule has 2 heterocycles. The van der Waals surface area contributed by atoms with Crippen molar-refractivity contribution in [3.05, 3.63) is 43.8 Å². The fourth-order valence-electron chi connectivity index (χ4n) is 2.80. The van der Waals surface area contributed by atoms with Crippen molar-refractivity contribution in [2.45, 2.75) is 38.1 Å². The van der Waals surface area contributed by atoms with Crippen molar-refractivity contribution in [1.82, 2.24) is 0 Å². The van der Waals surface area contributed by atoms with Gasteiger partial charge in [-0.25, -0.2) is 0 Å². The minimum Gasteiger partial charge on any atom is -0.323 e. The van der Waals surface area contributed by atoms with Gasteiger partial charge in [0.15, 0.2) is 0 Å². The van der Waals surface area contributed by atoms with Crippen molar-refractivity contribution in [3.63, 3.8) is 0 Å². The Labute approximate surface area is 110 Å². The van der Waals surface area contributed by atoms with Gasteiger partial charge in [0.2, 0.25) is 0 Å². The summed E-state index contributed by atoms with van der Waals surface area (Å²) in [7, 11) is 0. The molecule has 0 saturated heterocycles. The molecule has 0 aliphatic heterocycles. The highest BCUT2D eigenvalue weighted by atomic mass is 32.1. The highest BCUT2D eigenvalue weighted by molar-refractivity contribution is 7.10. The van der Waals surface area contributed by atoms with Gasteiger partial charge >= 0.3 is 0 Å². The first-order chi connectivity index (χ1) is 8.27. The van der Waals surface area contributed by atoms with Gasteiger partial charge in [-0.2, -0.15) is 0 Å². The summed E-state index contributed by atoms with van der Waals surface area (Å²) in [5.41, 5.74) is 9.37. The Kier molecular flexibility index (Phi) is 3.07. The first kappa shape index (κ1) is 11.5. The molecule has 2 atom stereocenters. The fraction of sp³-hybridized carbons (Fsp3) is 0.429. The smallest absolute Gasteiger partial charge is 0.0462 e. The van der Waals surface area contributed by atoms with Crippen LogP contribution in [0.3, 0.4) is 0 Å². The molecule has 90 valence electrons. The molecule has 2 unspecified atom stereocenters. The van der Waals surface area contributed by atoms with E-state index in [0.29, 0.717) is 5.92 Å². The standard InChI is InChI=1S/C14H17NS2/c1-9-5-7-17-14(9)13(15)11-3-2-4-12-10(11)6-8-16-12/h5-8,11,13H,2-4,15H2,1H3. The van der Waals surface area contributed by atoms with Gasteiger partial charge in [-0.05, 0) is 60.2 Å². The van der Waals surface area contributed by atoms with E-state index in [-0.39, 0.29) is 6.04 Å². The van der Waals surface area contributed by atoms with Crippen LogP contribution in [0.4, 0.5) is 0 Å². The number of hydrogen-bond donors (Lipinski definition) is 1. The topological polar surface area (TPSA) is 26.0 Å². The van der Waals surface area contributed by atoms with Gasteiger partial charge in [-0.15, -0.1) is 22.7 Å². The highest BCUT2D eigenvalue weighted by Gasteiger charge is 2.28. The quantitative estimate of drug-likeness (QED) is 0.861. The second-order valence-electron chi connectivity index (χ2n) is 4.79. The summed E-state index contributed by atoms with van der Waals surface area (Å²) in [4.78, 5) is 2.93. The summed E-state index contributed by atoms with van der Waals surface area (Å²) in [5.74, 6) is 0.530. The number of fused-ring (bicyclic) bond motifs is 1. The number of aryl methyl sites for hydroxylation is 2. The molecule has 3 heteroatoms. The first-order valence-corrected chi connectivity index (χ1v) is 7.89. The molecule has 2 aromatic heterocycles.